The monoisotopic (exact) mass is 307 g/mol. The van der Waals surface area contributed by atoms with Gasteiger partial charge in [0.15, 0.2) is 0 Å². The van der Waals surface area contributed by atoms with E-state index in [2.05, 4.69) is 22.0 Å². The smallest absolute Gasteiger partial charge is 0.399 e. The summed E-state index contributed by atoms with van der Waals surface area (Å²) in [6.45, 7) is 8.04. The Morgan fingerprint density at radius 3 is 2.17 bits per heavy atom. The van der Waals surface area contributed by atoms with Crippen molar-refractivity contribution in [2.45, 2.75) is 38.9 Å². The van der Waals surface area contributed by atoms with E-state index in [4.69, 9.17) is 14.6 Å². The van der Waals surface area contributed by atoms with Gasteiger partial charge in [-0.3, -0.25) is 0 Å². The maximum absolute atomic E-state index is 8.98. The molecule has 0 spiro atoms. The minimum absolute atomic E-state index is 0.368. The summed E-state index contributed by atoms with van der Waals surface area (Å²) in [4.78, 5) is 0. The summed E-state index contributed by atoms with van der Waals surface area (Å²) in [5.41, 5.74) is 0.716. The van der Waals surface area contributed by atoms with Gasteiger partial charge in [0.25, 0.3) is 0 Å². The van der Waals surface area contributed by atoms with Crippen molar-refractivity contribution < 1.29 is 9.31 Å². The molecular formula is C13H15BBrNO2. The second kappa shape index (κ2) is 4.38. The van der Waals surface area contributed by atoms with Gasteiger partial charge in [-0.2, -0.15) is 5.26 Å². The Balaban J connectivity index is 2.36. The fourth-order valence-corrected chi connectivity index (χ4v) is 2.30. The maximum atomic E-state index is 8.98. The van der Waals surface area contributed by atoms with Crippen molar-refractivity contribution >= 4 is 28.5 Å². The van der Waals surface area contributed by atoms with Gasteiger partial charge in [0.05, 0.1) is 22.8 Å². The molecular weight excluding hydrogens is 293 g/mol. The van der Waals surface area contributed by atoms with E-state index in [9.17, 15) is 0 Å². The van der Waals surface area contributed by atoms with E-state index < -0.39 is 7.12 Å². The van der Waals surface area contributed by atoms with E-state index in [0.717, 1.165) is 9.94 Å². The van der Waals surface area contributed by atoms with Crippen LogP contribution in [0, 0.1) is 11.3 Å². The number of halogens is 1. The van der Waals surface area contributed by atoms with Crippen molar-refractivity contribution in [3.05, 3.63) is 28.2 Å². The molecule has 1 heterocycles. The molecule has 18 heavy (non-hydrogen) atoms. The highest BCUT2D eigenvalue weighted by Crippen LogP contribution is 2.36. The summed E-state index contributed by atoms with van der Waals surface area (Å²) >= 11 is 3.40. The number of nitriles is 1. The predicted octanol–water partition coefficient (Wildman–Crippen LogP) is 2.62. The standard InChI is InChI=1S/C13H15BBrNO2/c1-12(2)13(3,4)18-14(17-12)10-5-9(8-16)6-11(15)7-10/h5-7H,1-4H3. The normalized spacial score (nSPS) is 20.8. The Hall–Kier alpha value is -0.825. The van der Waals surface area contributed by atoms with Crippen LogP contribution in [0.3, 0.4) is 0 Å². The van der Waals surface area contributed by atoms with Crippen LogP contribution in [0.1, 0.15) is 33.3 Å². The molecule has 0 amide bonds. The van der Waals surface area contributed by atoms with Crippen molar-refractivity contribution in [1.29, 1.82) is 5.26 Å². The van der Waals surface area contributed by atoms with Crippen LogP contribution < -0.4 is 5.46 Å². The van der Waals surface area contributed by atoms with Gasteiger partial charge in [0, 0.05) is 4.47 Å². The summed E-state index contributed by atoms with van der Waals surface area (Å²) in [6, 6.07) is 7.62. The van der Waals surface area contributed by atoms with Crippen LogP contribution in [0.15, 0.2) is 22.7 Å². The van der Waals surface area contributed by atoms with Gasteiger partial charge in [0.1, 0.15) is 0 Å². The quantitative estimate of drug-likeness (QED) is 0.749. The zero-order valence-corrected chi connectivity index (χ0v) is 12.5. The topological polar surface area (TPSA) is 42.2 Å². The van der Waals surface area contributed by atoms with Crippen molar-refractivity contribution in [3.8, 4) is 6.07 Å². The largest absolute Gasteiger partial charge is 0.494 e. The third-order valence-electron chi connectivity index (χ3n) is 3.57. The summed E-state index contributed by atoms with van der Waals surface area (Å²) in [5.74, 6) is 0. The first-order valence-corrected chi connectivity index (χ1v) is 6.61. The lowest BCUT2D eigenvalue weighted by Gasteiger charge is -2.32. The Morgan fingerprint density at radius 2 is 1.67 bits per heavy atom. The SMILES string of the molecule is CC1(C)OB(c2cc(Br)cc(C#N)c2)OC1(C)C. The number of nitrogens with zero attached hydrogens (tertiary/aromatic N) is 1. The van der Waals surface area contributed by atoms with Gasteiger partial charge in [0.2, 0.25) is 0 Å². The van der Waals surface area contributed by atoms with E-state index in [1.54, 1.807) is 12.1 Å². The average Bonchev–Trinajstić information content (AvgIpc) is 2.47. The minimum Gasteiger partial charge on any atom is -0.399 e. The van der Waals surface area contributed by atoms with Crippen molar-refractivity contribution in [2.24, 2.45) is 0 Å². The second-order valence-corrected chi connectivity index (χ2v) is 6.39. The molecule has 1 fully saturated rings. The van der Waals surface area contributed by atoms with E-state index in [-0.39, 0.29) is 11.2 Å². The molecule has 3 nitrogen and oxygen atoms in total. The fourth-order valence-electron chi connectivity index (χ4n) is 1.79. The molecule has 5 heteroatoms. The summed E-state index contributed by atoms with van der Waals surface area (Å²) in [5, 5.41) is 8.98. The van der Waals surface area contributed by atoms with Crippen LogP contribution in [0.25, 0.3) is 0 Å². The molecule has 0 N–H and O–H groups in total. The van der Waals surface area contributed by atoms with Crippen LogP contribution in [-0.2, 0) is 9.31 Å². The van der Waals surface area contributed by atoms with Crippen molar-refractivity contribution in [2.75, 3.05) is 0 Å². The Morgan fingerprint density at radius 1 is 1.11 bits per heavy atom. The molecule has 94 valence electrons. The average molecular weight is 308 g/mol. The Kier molecular flexibility index (Phi) is 3.31. The lowest BCUT2D eigenvalue weighted by molar-refractivity contribution is 0.00578. The fraction of sp³-hybridized carbons (Fsp3) is 0.462. The number of hydrogen-bond donors (Lipinski definition) is 0. The van der Waals surface area contributed by atoms with E-state index in [1.807, 2.05) is 33.8 Å². The minimum atomic E-state index is -0.431. The molecule has 0 aromatic heterocycles. The highest BCUT2D eigenvalue weighted by Gasteiger charge is 2.51. The molecule has 0 bridgehead atoms. The van der Waals surface area contributed by atoms with Gasteiger partial charge < -0.3 is 9.31 Å². The summed E-state index contributed by atoms with van der Waals surface area (Å²) in [7, 11) is -0.431. The molecule has 0 radical (unpaired) electrons. The number of rotatable bonds is 1. The van der Waals surface area contributed by atoms with E-state index in [0.29, 0.717) is 5.56 Å². The van der Waals surface area contributed by atoms with Gasteiger partial charge in [-0.15, -0.1) is 0 Å². The third-order valence-corrected chi connectivity index (χ3v) is 4.03. The highest BCUT2D eigenvalue weighted by molar-refractivity contribution is 9.10. The van der Waals surface area contributed by atoms with E-state index in [1.165, 1.54) is 0 Å². The first kappa shape index (κ1) is 13.6. The van der Waals surface area contributed by atoms with Crippen LogP contribution >= 0.6 is 15.9 Å². The summed E-state index contributed by atoms with van der Waals surface area (Å²) < 4.78 is 12.8. The Labute approximate surface area is 116 Å². The van der Waals surface area contributed by atoms with Crippen molar-refractivity contribution in [3.63, 3.8) is 0 Å². The van der Waals surface area contributed by atoms with Crippen LogP contribution in [-0.4, -0.2) is 18.3 Å². The lowest BCUT2D eigenvalue weighted by atomic mass is 9.78. The number of hydrogen-bond acceptors (Lipinski definition) is 3. The van der Waals surface area contributed by atoms with E-state index >= 15 is 0 Å². The van der Waals surface area contributed by atoms with Gasteiger partial charge in [-0.25, -0.2) is 0 Å². The van der Waals surface area contributed by atoms with Gasteiger partial charge in [-0.1, -0.05) is 15.9 Å². The molecule has 0 aliphatic carbocycles. The molecule has 1 aliphatic rings. The zero-order chi connectivity index (χ0) is 13.6. The second-order valence-electron chi connectivity index (χ2n) is 5.47. The van der Waals surface area contributed by atoms with Gasteiger partial charge >= 0.3 is 7.12 Å². The zero-order valence-electron chi connectivity index (χ0n) is 11.0. The molecule has 1 aliphatic heterocycles. The molecule has 2 rings (SSSR count). The molecule has 1 aromatic carbocycles. The van der Waals surface area contributed by atoms with Crippen LogP contribution in [0.5, 0.6) is 0 Å². The van der Waals surface area contributed by atoms with Crippen molar-refractivity contribution in [1.82, 2.24) is 0 Å². The summed E-state index contributed by atoms with van der Waals surface area (Å²) in [6.07, 6.45) is 0. The lowest BCUT2D eigenvalue weighted by Crippen LogP contribution is -2.41. The first-order chi connectivity index (χ1) is 8.25. The van der Waals surface area contributed by atoms with Gasteiger partial charge in [-0.05, 0) is 51.4 Å². The molecule has 1 saturated heterocycles. The third kappa shape index (κ3) is 2.33. The molecule has 0 unspecified atom stereocenters. The molecule has 1 aromatic rings. The van der Waals surface area contributed by atoms with Crippen LogP contribution in [0.4, 0.5) is 0 Å². The molecule has 0 saturated carbocycles. The Bertz CT molecular complexity index is 506. The number of benzene rings is 1. The molecule has 0 atom stereocenters. The first-order valence-electron chi connectivity index (χ1n) is 5.81. The highest BCUT2D eigenvalue weighted by atomic mass is 79.9. The maximum Gasteiger partial charge on any atom is 0.494 e. The van der Waals surface area contributed by atoms with Crippen LogP contribution in [0.2, 0.25) is 0 Å². The predicted molar refractivity (Wildman–Crippen MR) is 74.6 cm³/mol.